The molecule has 0 saturated carbocycles. The van der Waals surface area contributed by atoms with Crippen molar-refractivity contribution in [3.05, 3.63) is 0 Å². The minimum Gasteiger partial charge on any atom is -0.359 e. The molecule has 82 valence electrons. The van der Waals surface area contributed by atoms with Gasteiger partial charge in [-0.3, -0.25) is 4.99 Å². The van der Waals surface area contributed by atoms with Gasteiger partial charge in [0.1, 0.15) is 9.84 Å². The van der Waals surface area contributed by atoms with Gasteiger partial charge < -0.3 is 5.32 Å². The predicted molar refractivity (Wildman–Crippen MR) is 61.7 cm³/mol. The topological polar surface area (TPSA) is 58.5 Å². The van der Waals surface area contributed by atoms with Crippen LogP contribution < -0.4 is 5.32 Å². The summed E-state index contributed by atoms with van der Waals surface area (Å²) in [7, 11) is -2.89. The van der Waals surface area contributed by atoms with E-state index in [0.29, 0.717) is 6.54 Å². The summed E-state index contributed by atoms with van der Waals surface area (Å²) in [5.74, 6) is 1.10. The second-order valence-electron chi connectivity index (χ2n) is 4.11. The van der Waals surface area contributed by atoms with E-state index in [1.165, 1.54) is 6.26 Å². The molecule has 1 aliphatic heterocycles. The zero-order chi connectivity index (χ0) is 10.8. The summed E-state index contributed by atoms with van der Waals surface area (Å²) in [6, 6.07) is 0. The highest BCUT2D eigenvalue weighted by Gasteiger charge is 2.26. The first-order valence-corrected chi connectivity index (χ1v) is 7.46. The lowest BCUT2D eigenvalue weighted by Gasteiger charge is -2.15. The number of hydrogen-bond acceptors (Lipinski definition) is 4. The van der Waals surface area contributed by atoms with Crippen LogP contribution in [0, 0.1) is 0 Å². The van der Waals surface area contributed by atoms with Gasteiger partial charge in [-0.2, -0.15) is 0 Å². The average Bonchev–Trinajstić information content (AvgIpc) is 2.27. The maximum atomic E-state index is 10.8. The van der Waals surface area contributed by atoms with Crippen LogP contribution in [0.1, 0.15) is 13.8 Å². The molecule has 0 aromatic rings. The van der Waals surface area contributed by atoms with Gasteiger partial charge in [0.15, 0.2) is 5.17 Å². The molecule has 0 atom stereocenters. The molecule has 1 N–H and O–H groups in total. The summed E-state index contributed by atoms with van der Waals surface area (Å²) >= 11 is 1.64. The van der Waals surface area contributed by atoms with Crippen molar-refractivity contribution in [3.63, 3.8) is 0 Å². The van der Waals surface area contributed by atoms with Crippen molar-refractivity contribution in [2.75, 3.05) is 24.3 Å². The second kappa shape index (κ2) is 4.10. The van der Waals surface area contributed by atoms with Crippen molar-refractivity contribution >= 4 is 26.8 Å². The standard InChI is InChI=1S/C8H16N2O2S2/c1-8(2)6-13-7(10-8)9-4-5-14(3,11)12/h4-6H2,1-3H3,(H,9,10). The average molecular weight is 236 g/mol. The Morgan fingerprint density at radius 3 is 2.64 bits per heavy atom. The number of rotatable bonds is 3. The van der Waals surface area contributed by atoms with Gasteiger partial charge >= 0.3 is 0 Å². The quantitative estimate of drug-likeness (QED) is 0.775. The first kappa shape index (κ1) is 11.8. The lowest BCUT2D eigenvalue weighted by molar-refractivity contribution is 0.536. The molecule has 1 saturated heterocycles. The second-order valence-corrected chi connectivity index (χ2v) is 7.34. The van der Waals surface area contributed by atoms with Crippen LogP contribution in [0.15, 0.2) is 4.99 Å². The number of hydrogen-bond donors (Lipinski definition) is 1. The minimum absolute atomic E-state index is 0.0780. The Labute approximate surface area is 89.5 Å². The summed E-state index contributed by atoms with van der Waals surface area (Å²) in [5, 5.41) is 4.09. The number of amidine groups is 1. The monoisotopic (exact) mass is 236 g/mol. The SMILES string of the molecule is CC1(C)CSC(=NCCS(C)(=O)=O)N1. The lowest BCUT2D eigenvalue weighted by Crippen LogP contribution is -2.37. The van der Waals surface area contributed by atoms with E-state index < -0.39 is 9.84 Å². The van der Waals surface area contributed by atoms with E-state index in [1.54, 1.807) is 11.8 Å². The Kier molecular flexibility index (Phi) is 3.47. The predicted octanol–water partition coefficient (Wildman–Crippen LogP) is 0.502. The van der Waals surface area contributed by atoms with Crippen LogP contribution in [0.2, 0.25) is 0 Å². The summed E-state index contributed by atoms with van der Waals surface area (Å²) in [6.07, 6.45) is 1.23. The van der Waals surface area contributed by atoms with E-state index in [2.05, 4.69) is 24.2 Å². The normalized spacial score (nSPS) is 23.8. The van der Waals surface area contributed by atoms with Gasteiger partial charge in [-0.05, 0) is 13.8 Å². The molecule has 0 amide bonds. The molecule has 0 aromatic carbocycles. The van der Waals surface area contributed by atoms with Crippen molar-refractivity contribution < 1.29 is 8.42 Å². The molecule has 1 fully saturated rings. The molecule has 6 heteroatoms. The van der Waals surface area contributed by atoms with Gasteiger partial charge in [0.2, 0.25) is 0 Å². The van der Waals surface area contributed by atoms with Crippen molar-refractivity contribution in [2.24, 2.45) is 4.99 Å². The van der Waals surface area contributed by atoms with Crippen molar-refractivity contribution in [1.82, 2.24) is 5.32 Å². The minimum atomic E-state index is -2.89. The molecule has 14 heavy (non-hydrogen) atoms. The van der Waals surface area contributed by atoms with Crippen LogP contribution in [0.5, 0.6) is 0 Å². The smallest absolute Gasteiger partial charge is 0.157 e. The van der Waals surface area contributed by atoms with Gasteiger partial charge in [0.05, 0.1) is 12.3 Å². The molecule has 0 bridgehead atoms. The maximum Gasteiger partial charge on any atom is 0.157 e. The summed E-state index contributed by atoms with van der Waals surface area (Å²) in [6.45, 7) is 4.54. The molecule has 1 aliphatic rings. The van der Waals surface area contributed by atoms with Crippen LogP contribution in [0.25, 0.3) is 0 Å². The molecule has 0 radical (unpaired) electrons. The van der Waals surface area contributed by atoms with Crippen molar-refractivity contribution in [2.45, 2.75) is 19.4 Å². The maximum absolute atomic E-state index is 10.8. The molecule has 0 aliphatic carbocycles. The fourth-order valence-corrected chi connectivity index (χ4v) is 2.53. The molecule has 0 unspecified atom stereocenters. The number of aliphatic imine (C=N–C) groups is 1. The van der Waals surface area contributed by atoms with Crippen molar-refractivity contribution in [1.29, 1.82) is 0 Å². The van der Waals surface area contributed by atoms with E-state index >= 15 is 0 Å². The molecule has 0 aromatic heterocycles. The zero-order valence-electron chi connectivity index (χ0n) is 8.70. The third kappa shape index (κ3) is 4.32. The number of thioether (sulfide) groups is 1. The fraction of sp³-hybridized carbons (Fsp3) is 0.875. The van der Waals surface area contributed by atoms with Gasteiger partial charge in [-0.25, -0.2) is 8.42 Å². The lowest BCUT2D eigenvalue weighted by atomic mass is 10.1. The van der Waals surface area contributed by atoms with Crippen LogP contribution in [0.4, 0.5) is 0 Å². The van der Waals surface area contributed by atoms with Gasteiger partial charge in [-0.15, -0.1) is 0 Å². The highest BCUT2D eigenvalue weighted by molar-refractivity contribution is 8.14. The largest absolute Gasteiger partial charge is 0.359 e. The van der Waals surface area contributed by atoms with Gasteiger partial charge in [0, 0.05) is 17.5 Å². The summed E-state index contributed by atoms with van der Waals surface area (Å²) < 4.78 is 21.7. The number of nitrogens with zero attached hydrogens (tertiary/aromatic N) is 1. The van der Waals surface area contributed by atoms with Crippen LogP contribution in [-0.4, -0.2) is 43.4 Å². The van der Waals surface area contributed by atoms with Crippen LogP contribution >= 0.6 is 11.8 Å². The van der Waals surface area contributed by atoms with E-state index in [9.17, 15) is 8.42 Å². The third-order valence-corrected chi connectivity index (χ3v) is 4.03. The van der Waals surface area contributed by atoms with E-state index in [0.717, 1.165) is 10.9 Å². The Hall–Kier alpha value is -0.230. The highest BCUT2D eigenvalue weighted by atomic mass is 32.2. The Bertz CT molecular complexity index is 333. The Balaban J connectivity index is 2.41. The zero-order valence-corrected chi connectivity index (χ0v) is 10.3. The molecule has 1 rings (SSSR count). The summed E-state index contributed by atoms with van der Waals surface area (Å²) in [5.41, 5.74) is 0.0780. The highest BCUT2D eigenvalue weighted by Crippen LogP contribution is 2.21. The van der Waals surface area contributed by atoms with Gasteiger partial charge in [0.25, 0.3) is 0 Å². The first-order chi connectivity index (χ1) is 6.29. The Morgan fingerprint density at radius 1 is 1.57 bits per heavy atom. The Morgan fingerprint density at radius 2 is 2.21 bits per heavy atom. The first-order valence-electron chi connectivity index (χ1n) is 4.42. The van der Waals surface area contributed by atoms with E-state index in [4.69, 9.17) is 0 Å². The molecular weight excluding hydrogens is 220 g/mol. The van der Waals surface area contributed by atoms with Crippen LogP contribution in [0.3, 0.4) is 0 Å². The van der Waals surface area contributed by atoms with Crippen molar-refractivity contribution in [3.8, 4) is 0 Å². The summed E-state index contributed by atoms with van der Waals surface area (Å²) in [4.78, 5) is 4.19. The van der Waals surface area contributed by atoms with E-state index in [1.807, 2.05) is 0 Å². The third-order valence-electron chi connectivity index (χ3n) is 1.73. The number of nitrogens with one attached hydrogen (secondary N) is 1. The molecule has 1 heterocycles. The molecule has 4 nitrogen and oxygen atoms in total. The number of sulfone groups is 1. The fourth-order valence-electron chi connectivity index (χ4n) is 1.01. The molecular formula is C8H16N2O2S2. The molecule has 0 spiro atoms. The van der Waals surface area contributed by atoms with Crippen LogP contribution in [-0.2, 0) is 9.84 Å². The van der Waals surface area contributed by atoms with Gasteiger partial charge in [-0.1, -0.05) is 11.8 Å². The van der Waals surface area contributed by atoms with E-state index in [-0.39, 0.29) is 11.3 Å².